The first kappa shape index (κ1) is 14.9. The molecule has 17 heavy (non-hydrogen) atoms. The van der Waals surface area contributed by atoms with Crippen LogP contribution in [0.1, 0.15) is 40.0 Å². The predicted molar refractivity (Wildman–Crippen MR) is 73.2 cm³/mol. The lowest BCUT2D eigenvalue weighted by atomic mass is 9.92. The van der Waals surface area contributed by atoms with E-state index in [1.165, 1.54) is 19.5 Å². The van der Waals surface area contributed by atoms with Crippen molar-refractivity contribution in [1.82, 2.24) is 10.2 Å². The van der Waals surface area contributed by atoms with Gasteiger partial charge in [0.15, 0.2) is 0 Å². The van der Waals surface area contributed by atoms with Crippen LogP contribution in [0.25, 0.3) is 0 Å². The van der Waals surface area contributed by atoms with E-state index in [1.807, 2.05) is 0 Å². The van der Waals surface area contributed by atoms with Crippen LogP contribution in [-0.2, 0) is 0 Å². The number of hydrogen-bond donors (Lipinski definition) is 2. The number of rotatable bonds is 7. The van der Waals surface area contributed by atoms with Crippen molar-refractivity contribution >= 4 is 0 Å². The highest BCUT2D eigenvalue weighted by atomic mass is 16.3. The molecule has 1 saturated heterocycles. The van der Waals surface area contributed by atoms with Gasteiger partial charge in [-0.05, 0) is 44.2 Å². The fraction of sp³-hybridized carbons (Fsp3) is 1.00. The summed E-state index contributed by atoms with van der Waals surface area (Å²) in [5.41, 5.74) is 0. The van der Waals surface area contributed by atoms with Crippen LogP contribution < -0.4 is 5.32 Å². The van der Waals surface area contributed by atoms with Crippen molar-refractivity contribution in [2.45, 2.75) is 46.1 Å². The van der Waals surface area contributed by atoms with E-state index >= 15 is 0 Å². The van der Waals surface area contributed by atoms with Gasteiger partial charge in [0.1, 0.15) is 0 Å². The second-order valence-corrected chi connectivity index (χ2v) is 5.83. The number of aliphatic hydroxyl groups is 1. The molecular weight excluding hydrogens is 212 g/mol. The molecule has 0 radical (unpaired) electrons. The Balaban J connectivity index is 2.23. The molecule has 0 aromatic rings. The summed E-state index contributed by atoms with van der Waals surface area (Å²) in [5, 5.41) is 12.7. The molecule has 0 amide bonds. The molecule has 1 heterocycles. The van der Waals surface area contributed by atoms with Crippen molar-refractivity contribution in [3.63, 3.8) is 0 Å². The fourth-order valence-corrected chi connectivity index (χ4v) is 2.92. The van der Waals surface area contributed by atoms with Gasteiger partial charge < -0.3 is 15.3 Å². The lowest BCUT2D eigenvalue weighted by molar-refractivity contribution is 0.129. The molecule has 1 rings (SSSR count). The van der Waals surface area contributed by atoms with E-state index in [4.69, 9.17) is 0 Å². The van der Waals surface area contributed by atoms with Crippen molar-refractivity contribution in [2.75, 3.05) is 32.8 Å². The summed E-state index contributed by atoms with van der Waals surface area (Å²) >= 11 is 0. The number of piperidine rings is 1. The molecule has 3 atom stereocenters. The van der Waals surface area contributed by atoms with E-state index in [-0.39, 0.29) is 12.6 Å². The highest BCUT2D eigenvalue weighted by Gasteiger charge is 2.21. The van der Waals surface area contributed by atoms with Gasteiger partial charge in [0.05, 0.1) is 6.61 Å². The Morgan fingerprint density at radius 1 is 1.29 bits per heavy atom. The molecule has 1 fully saturated rings. The summed E-state index contributed by atoms with van der Waals surface area (Å²) < 4.78 is 0. The van der Waals surface area contributed by atoms with E-state index in [2.05, 4.69) is 31.0 Å². The monoisotopic (exact) mass is 242 g/mol. The second-order valence-electron chi connectivity index (χ2n) is 5.83. The van der Waals surface area contributed by atoms with Crippen molar-refractivity contribution in [3.05, 3.63) is 0 Å². The normalized spacial score (nSPS) is 28.2. The van der Waals surface area contributed by atoms with Crippen LogP contribution in [-0.4, -0.2) is 48.8 Å². The number of aliphatic hydroxyl groups excluding tert-OH is 1. The Hall–Kier alpha value is -0.120. The highest BCUT2D eigenvalue weighted by molar-refractivity contribution is 4.76. The average Bonchev–Trinajstić information content (AvgIpc) is 2.28. The number of nitrogens with one attached hydrogen (secondary N) is 1. The van der Waals surface area contributed by atoms with Gasteiger partial charge >= 0.3 is 0 Å². The molecule has 0 aliphatic carbocycles. The van der Waals surface area contributed by atoms with Gasteiger partial charge in [0.25, 0.3) is 0 Å². The summed E-state index contributed by atoms with van der Waals surface area (Å²) in [4.78, 5) is 2.56. The molecule has 0 aromatic carbocycles. The minimum Gasteiger partial charge on any atom is -0.395 e. The van der Waals surface area contributed by atoms with E-state index in [1.54, 1.807) is 0 Å². The highest BCUT2D eigenvalue weighted by Crippen LogP contribution is 2.20. The third-order valence-corrected chi connectivity index (χ3v) is 3.64. The van der Waals surface area contributed by atoms with Crippen molar-refractivity contribution in [1.29, 1.82) is 0 Å². The molecule has 0 spiro atoms. The second kappa shape index (κ2) is 8.06. The smallest absolute Gasteiger partial charge is 0.0585 e. The minimum absolute atomic E-state index is 0.263. The Bertz CT molecular complexity index is 189. The quantitative estimate of drug-likeness (QED) is 0.713. The summed E-state index contributed by atoms with van der Waals surface area (Å²) in [6.07, 6.45) is 3.57. The van der Waals surface area contributed by atoms with Crippen LogP contribution in [0.5, 0.6) is 0 Å². The van der Waals surface area contributed by atoms with Crippen LogP contribution in [0.3, 0.4) is 0 Å². The molecule has 0 bridgehead atoms. The van der Waals surface area contributed by atoms with Crippen molar-refractivity contribution in [3.8, 4) is 0 Å². The van der Waals surface area contributed by atoms with E-state index in [9.17, 15) is 5.11 Å². The molecule has 0 aromatic heterocycles. The maximum Gasteiger partial charge on any atom is 0.0585 e. The molecular formula is C14H30N2O. The zero-order valence-corrected chi connectivity index (χ0v) is 11.8. The Morgan fingerprint density at radius 3 is 2.47 bits per heavy atom. The molecule has 3 nitrogen and oxygen atoms in total. The lowest BCUT2D eigenvalue weighted by Gasteiger charge is -2.35. The molecule has 1 aliphatic heterocycles. The molecule has 0 saturated carbocycles. The fourth-order valence-electron chi connectivity index (χ4n) is 2.92. The molecule has 3 unspecified atom stereocenters. The maximum atomic E-state index is 9.31. The van der Waals surface area contributed by atoms with Crippen LogP contribution in [0.15, 0.2) is 0 Å². The predicted octanol–water partition coefficient (Wildman–Crippen LogP) is 1.71. The van der Waals surface area contributed by atoms with Gasteiger partial charge in [-0.15, -0.1) is 0 Å². The molecule has 3 heteroatoms. The minimum atomic E-state index is 0.263. The van der Waals surface area contributed by atoms with Crippen LogP contribution >= 0.6 is 0 Å². The summed E-state index contributed by atoms with van der Waals surface area (Å²) in [6.45, 7) is 11.7. The van der Waals surface area contributed by atoms with Crippen LogP contribution in [0, 0.1) is 11.8 Å². The summed E-state index contributed by atoms with van der Waals surface area (Å²) in [5.74, 6) is 1.66. The van der Waals surface area contributed by atoms with Gasteiger partial charge in [-0.1, -0.05) is 20.8 Å². The van der Waals surface area contributed by atoms with Gasteiger partial charge in [0, 0.05) is 19.1 Å². The van der Waals surface area contributed by atoms with Gasteiger partial charge in [-0.25, -0.2) is 0 Å². The van der Waals surface area contributed by atoms with Gasteiger partial charge in [-0.3, -0.25) is 0 Å². The topological polar surface area (TPSA) is 35.5 Å². The van der Waals surface area contributed by atoms with E-state index in [0.29, 0.717) is 0 Å². The Kier molecular flexibility index (Phi) is 7.09. The number of hydrogen-bond acceptors (Lipinski definition) is 3. The van der Waals surface area contributed by atoms with Crippen molar-refractivity contribution in [2.24, 2.45) is 11.8 Å². The first-order valence-corrected chi connectivity index (χ1v) is 7.22. The van der Waals surface area contributed by atoms with E-state index < -0.39 is 0 Å². The number of likely N-dealkylation sites (tertiary alicyclic amines) is 1. The van der Waals surface area contributed by atoms with Gasteiger partial charge in [0.2, 0.25) is 0 Å². The first-order valence-electron chi connectivity index (χ1n) is 7.22. The Labute approximate surface area is 107 Å². The van der Waals surface area contributed by atoms with Crippen molar-refractivity contribution < 1.29 is 5.11 Å². The first-order chi connectivity index (χ1) is 8.15. The van der Waals surface area contributed by atoms with Gasteiger partial charge in [-0.2, -0.15) is 0 Å². The lowest BCUT2D eigenvalue weighted by Crippen LogP contribution is -2.42. The maximum absolute atomic E-state index is 9.31. The largest absolute Gasteiger partial charge is 0.395 e. The molecule has 102 valence electrons. The summed E-state index contributed by atoms with van der Waals surface area (Å²) in [7, 11) is 0. The number of nitrogens with zero attached hydrogens (tertiary/aromatic N) is 1. The van der Waals surface area contributed by atoms with Crippen LogP contribution in [0.4, 0.5) is 0 Å². The zero-order valence-electron chi connectivity index (χ0n) is 11.8. The average molecular weight is 242 g/mol. The van der Waals surface area contributed by atoms with E-state index in [0.717, 1.165) is 37.8 Å². The molecule has 1 aliphatic rings. The third kappa shape index (κ3) is 5.84. The molecule has 2 N–H and O–H groups in total. The van der Waals surface area contributed by atoms with Crippen LogP contribution in [0.2, 0.25) is 0 Å². The standard InChI is InChI=1S/C14H30N2O/c1-4-6-15-14(11-17)5-7-16-9-12(2)8-13(3)10-16/h12-15,17H,4-11H2,1-3H3. The Morgan fingerprint density at radius 2 is 1.94 bits per heavy atom. The SMILES string of the molecule is CCCNC(CO)CCN1CC(C)CC(C)C1. The third-order valence-electron chi connectivity index (χ3n) is 3.64. The summed E-state index contributed by atoms with van der Waals surface area (Å²) in [6, 6.07) is 0.280. The zero-order chi connectivity index (χ0) is 12.7.